The lowest BCUT2D eigenvalue weighted by Gasteiger charge is -2.38. The van der Waals surface area contributed by atoms with Crippen molar-refractivity contribution in [1.29, 1.82) is 0 Å². The van der Waals surface area contributed by atoms with Gasteiger partial charge in [-0.15, -0.1) is 0 Å². The van der Waals surface area contributed by atoms with Crippen molar-refractivity contribution in [1.82, 2.24) is 14.5 Å². The minimum absolute atomic E-state index is 0.00915. The van der Waals surface area contributed by atoms with Gasteiger partial charge in [0.25, 0.3) is 0 Å². The molecule has 2 saturated heterocycles. The Labute approximate surface area is 172 Å². The second kappa shape index (κ2) is 9.97. The number of ether oxygens (including phenoxy) is 1. The van der Waals surface area contributed by atoms with Crippen LogP contribution < -0.4 is 5.32 Å². The van der Waals surface area contributed by atoms with E-state index in [0.29, 0.717) is 51.0 Å². The maximum absolute atomic E-state index is 13.7. The summed E-state index contributed by atoms with van der Waals surface area (Å²) in [5.41, 5.74) is 0.380. The van der Waals surface area contributed by atoms with E-state index in [4.69, 9.17) is 4.74 Å². The summed E-state index contributed by atoms with van der Waals surface area (Å²) in [6.45, 7) is 3.49. The number of nitrogens with one attached hydrogen (secondary N) is 1. The topological polar surface area (TPSA) is 79.0 Å². The average Bonchev–Trinajstić information content (AvgIpc) is 3.18. The molecule has 0 aliphatic carbocycles. The number of hydrogen-bond acceptors (Lipinski definition) is 5. The van der Waals surface area contributed by atoms with Crippen LogP contribution in [0.15, 0.2) is 24.3 Å². The van der Waals surface area contributed by atoms with Crippen molar-refractivity contribution in [2.75, 3.05) is 45.6 Å². The minimum atomic E-state index is -3.20. The number of hydrogen-bond donors (Lipinski definition) is 1. The molecule has 2 aliphatic heterocycles. The molecule has 0 aromatic heterocycles. The largest absolute Gasteiger partial charge is 0.381 e. The van der Waals surface area contributed by atoms with Gasteiger partial charge in [-0.1, -0.05) is 18.2 Å². The van der Waals surface area contributed by atoms with Crippen LogP contribution in [-0.4, -0.2) is 81.3 Å². The first-order valence-electron chi connectivity index (χ1n) is 10.1. The fourth-order valence-electron chi connectivity index (χ4n) is 4.16. The van der Waals surface area contributed by atoms with Crippen molar-refractivity contribution < 1.29 is 22.3 Å². The molecular formula is C20H30FN3O4S. The molecule has 29 heavy (non-hydrogen) atoms. The summed E-state index contributed by atoms with van der Waals surface area (Å²) >= 11 is 0. The zero-order chi connectivity index (χ0) is 20.9. The second-order valence-electron chi connectivity index (χ2n) is 7.76. The number of benzene rings is 1. The molecule has 3 rings (SSSR count). The van der Waals surface area contributed by atoms with Gasteiger partial charge in [-0.05, 0) is 30.9 Å². The van der Waals surface area contributed by atoms with Crippen LogP contribution in [0.5, 0.6) is 0 Å². The molecule has 9 heteroatoms. The molecule has 1 atom stereocenters. The monoisotopic (exact) mass is 427 g/mol. The first-order chi connectivity index (χ1) is 13.8. The summed E-state index contributed by atoms with van der Waals surface area (Å²) in [4.78, 5) is 14.6. The van der Waals surface area contributed by atoms with Crippen molar-refractivity contribution in [3.05, 3.63) is 35.6 Å². The molecule has 1 amide bonds. The number of rotatable bonds is 8. The van der Waals surface area contributed by atoms with E-state index in [0.717, 1.165) is 19.3 Å². The lowest BCUT2D eigenvalue weighted by Crippen LogP contribution is -2.50. The van der Waals surface area contributed by atoms with Gasteiger partial charge < -0.3 is 10.1 Å². The summed E-state index contributed by atoms with van der Waals surface area (Å²) in [6, 6.07) is 6.73. The molecular weight excluding hydrogens is 397 g/mol. The van der Waals surface area contributed by atoms with Crippen LogP contribution in [0, 0.1) is 5.82 Å². The lowest BCUT2D eigenvalue weighted by molar-refractivity contribution is -0.120. The number of halogens is 1. The van der Waals surface area contributed by atoms with Gasteiger partial charge >= 0.3 is 0 Å². The minimum Gasteiger partial charge on any atom is -0.381 e. The zero-order valence-electron chi connectivity index (χ0n) is 16.8. The van der Waals surface area contributed by atoms with Crippen molar-refractivity contribution in [2.45, 2.75) is 37.8 Å². The molecule has 0 saturated carbocycles. The van der Waals surface area contributed by atoms with Crippen LogP contribution in [0.3, 0.4) is 0 Å². The van der Waals surface area contributed by atoms with E-state index < -0.39 is 10.0 Å². The van der Waals surface area contributed by atoms with Crippen molar-refractivity contribution in [2.24, 2.45) is 0 Å². The van der Waals surface area contributed by atoms with Crippen molar-refractivity contribution in [3.63, 3.8) is 0 Å². The molecule has 0 bridgehead atoms. The Hall–Kier alpha value is -1.55. The Morgan fingerprint density at radius 3 is 2.62 bits per heavy atom. The van der Waals surface area contributed by atoms with E-state index in [9.17, 15) is 17.6 Å². The van der Waals surface area contributed by atoms with Crippen LogP contribution in [0.25, 0.3) is 0 Å². The van der Waals surface area contributed by atoms with Crippen molar-refractivity contribution in [3.8, 4) is 0 Å². The molecule has 0 radical (unpaired) electrons. The summed E-state index contributed by atoms with van der Waals surface area (Å²) in [5, 5.41) is 2.88. The summed E-state index contributed by atoms with van der Waals surface area (Å²) in [7, 11) is -3.20. The molecule has 1 N–H and O–H groups in total. The zero-order valence-corrected chi connectivity index (χ0v) is 17.7. The standard InChI is InChI=1S/C20H30FN3O4S/c1-29(26,27)23-10-6-18(15-23)24(17-7-12-28-13-8-17)11-9-22-20(25)14-16-4-2-3-5-19(16)21/h2-5,17-18H,6-15H2,1H3,(H,22,25). The molecule has 1 unspecified atom stereocenters. The number of amides is 1. The highest BCUT2D eigenvalue weighted by molar-refractivity contribution is 7.88. The van der Waals surface area contributed by atoms with Gasteiger partial charge in [0.15, 0.2) is 0 Å². The van der Waals surface area contributed by atoms with Gasteiger partial charge in [0, 0.05) is 51.5 Å². The van der Waals surface area contributed by atoms with Crippen molar-refractivity contribution >= 4 is 15.9 Å². The molecule has 1 aromatic rings. The van der Waals surface area contributed by atoms with Crippen LogP contribution in [0.1, 0.15) is 24.8 Å². The molecule has 2 fully saturated rings. The molecule has 162 valence electrons. The summed E-state index contributed by atoms with van der Waals surface area (Å²) < 4.78 is 44.5. The highest BCUT2D eigenvalue weighted by Gasteiger charge is 2.35. The van der Waals surface area contributed by atoms with E-state index in [-0.39, 0.29) is 24.2 Å². The van der Waals surface area contributed by atoms with E-state index in [2.05, 4.69) is 10.2 Å². The molecule has 1 aromatic carbocycles. The maximum atomic E-state index is 13.7. The normalized spacial score (nSPS) is 21.6. The third kappa shape index (κ3) is 6.21. The van der Waals surface area contributed by atoms with Gasteiger partial charge in [-0.25, -0.2) is 17.1 Å². The Morgan fingerprint density at radius 1 is 1.24 bits per heavy atom. The van der Waals surface area contributed by atoms with E-state index in [1.807, 2.05) is 0 Å². The van der Waals surface area contributed by atoms with Gasteiger partial charge in [0.05, 0.1) is 12.7 Å². The Balaban J connectivity index is 1.56. The Kier molecular flexibility index (Phi) is 7.61. The van der Waals surface area contributed by atoms with E-state index >= 15 is 0 Å². The predicted octanol–water partition coefficient (Wildman–Crippen LogP) is 0.999. The highest BCUT2D eigenvalue weighted by atomic mass is 32.2. The first-order valence-corrected chi connectivity index (χ1v) is 12.0. The van der Waals surface area contributed by atoms with Gasteiger partial charge in [-0.2, -0.15) is 0 Å². The van der Waals surface area contributed by atoms with E-state index in [1.165, 1.54) is 16.6 Å². The molecule has 2 heterocycles. The van der Waals surface area contributed by atoms with E-state index in [1.54, 1.807) is 18.2 Å². The molecule has 2 aliphatic rings. The van der Waals surface area contributed by atoms with Crippen LogP contribution in [-0.2, 0) is 26.0 Å². The van der Waals surface area contributed by atoms with Crippen LogP contribution >= 0.6 is 0 Å². The highest BCUT2D eigenvalue weighted by Crippen LogP contribution is 2.24. The SMILES string of the molecule is CS(=O)(=O)N1CCC(N(CCNC(=O)Cc2ccccc2F)C2CCOCC2)C1. The second-order valence-corrected chi connectivity index (χ2v) is 9.75. The smallest absolute Gasteiger partial charge is 0.224 e. The summed E-state index contributed by atoms with van der Waals surface area (Å²) in [5.74, 6) is -0.593. The molecule has 0 spiro atoms. The summed E-state index contributed by atoms with van der Waals surface area (Å²) in [6.07, 6.45) is 3.84. The number of sulfonamides is 1. The maximum Gasteiger partial charge on any atom is 0.224 e. The van der Waals surface area contributed by atoms with Gasteiger partial charge in [0.2, 0.25) is 15.9 Å². The number of nitrogens with zero attached hydrogens (tertiary/aromatic N) is 2. The lowest BCUT2D eigenvalue weighted by atomic mass is 10.0. The first kappa shape index (κ1) is 22.1. The van der Waals surface area contributed by atoms with Crippen LogP contribution in [0.2, 0.25) is 0 Å². The fourth-order valence-corrected chi connectivity index (χ4v) is 5.04. The number of carbonyl (C=O) groups excluding carboxylic acids is 1. The Morgan fingerprint density at radius 2 is 1.97 bits per heavy atom. The fraction of sp³-hybridized carbons (Fsp3) is 0.650. The van der Waals surface area contributed by atoms with Gasteiger partial charge in [-0.3, -0.25) is 9.69 Å². The number of carbonyl (C=O) groups is 1. The average molecular weight is 428 g/mol. The quantitative estimate of drug-likeness (QED) is 0.670. The molecule has 7 nitrogen and oxygen atoms in total. The predicted molar refractivity (Wildman–Crippen MR) is 108 cm³/mol. The third-order valence-corrected chi connectivity index (χ3v) is 6.99. The Bertz CT molecular complexity index is 799. The van der Waals surface area contributed by atoms with Gasteiger partial charge in [0.1, 0.15) is 5.82 Å². The third-order valence-electron chi connectivity index (χ3n) is 5.73. The van der Waals surface area contributed by atoms with Crippen LogP contribution in [0.4, 0.5) is 4.39 Å².